The van der Waals surface area contributed by atoms with Gasteiger partial charge in [0.25, 0.3) is 5.91 Å². The van der Waals surface area contributed by atoms with Gasteiger partial charge in [-0.2, -0.15) is 0 Å². The lowest BCUT2D eigenvalue weighted by Crippen LogP contribution is -2.33. The van der Waals surface area contributed by atoms with Crippen LogP contribution >= 0.6 is 0 Å². The third kappa shape index (κ3) is 4.15. The van der Waals surface area contributed by atoms with E-state index in [2.05, 4.69) is 5.32 Å². The van der Waals surface area contributed by atoms with E-state index >= 15 is 0 Å². The average molecular weight is 238 g/mol. The van der Waals surface area contributed by atoms with Gasteiger partial charge in [0.1, 0.15) is 5.82 Å². The van der Waals surface area contributed by atoms with E-state index in [1.807, 2.05) is 6.92 Å². The van der Waals surface area contributed by atoms with Crippen LogP contribution in [-0.2, 0) is 0 Å². The molecule has 3 N–H and O–H groups in total. The predicted molar refractivity (Wildman–Crippen MR) is 66.4 cm³/mol. The third-order valence-corrected chi connectivity index (χ3v) is 2.65. The van der Waals surface area contributed by atoms with Crippen molar-refractivity contribution in [3.8, 4) is 0 Å². The first-order chi connectivity index (χ1) is 8.04. The van der Waals surface area contributed by atoms with Crippen molar-refractivity contribution in [2.24, 2.45) is 5.73 Å². The van der Waals surface area contributed by atoms with Gasteiger partial charge in [-0.05, 0) is 57.0 Å². The lowest BCUT2D eigenvalue weighted by molar-refractivity contribution is 0.0937. The van der Waals surface area contributed by atoms with Crippen LogP contribution in [0, 0.1) is 12.7 Å². The average Bonchev–Trinajstić information content (AvgIpc) is 2.26. The summed E-state index contributed by atoms with van der Waals surface area (Å²) in [7, 11) is 0. The molecule has 1 amide bonds. The number of hydrogen-bond donors (Lipinski definition) is 2. The molecule has 0 aromatic heterocycles. The molecule has 0 radical (unpaired) electrons. The second-order valence-electron chi connectivity index (χ2n) is 4.26. The van der Waals surface area contributed by atoms with Gasteiger partial charge in [0, 0.05) is 11.6 Å². The van der Waals surface area contributed by atoms with Crippen LogP contribution in [0.1, 0.15) is 35.7 Å². The molecule has 1 aromatic carbocycles. The second kappa shape index (κ2) is 6.35. The van der Waals surface area contributed by atoms with E-state index in [0.717, 1.165) is 12.8 Å². The first-order valence-corrected chi connectivity index (χ1v) is 5.81. The van der Waals surface area contributed by atoms with E-state index < -0.39 is 0 Å². The topological polar surface area (TPSA) is 55.1 Å². The van der Waals surface area contributed by atoms with Crippen molar-refractivity contribution in [3.05, 3.63) is 35.1 Å². The summed E-state index contributed by atoms with van der Waals surface area (Å²) in [6, 6.07) is 4.25. The van der Waals surface area contributed by atoms with Crippen molar-refractivity contribution in [2.45, 2.75) is 32.7 Å². The first kappa shape index (κ1) is 13.6. The number of nitrogens with one attached hydrogen (secondary N) is 1. The number of halogens is 1. The highest BCUT2D eigenvalue weighted by Gasteiger charge is 2.12. The molecule has 0 aliphatic carbocycles. The molecule has 0 spiro atoms. The number of amides is 1. The first-order valence-electron chi connectivity index (χ1n) is 5.81. The summed E-state index contributed by atoms with van der Waals surface area (Å²) in [5, 5.41) is 2.87. The van der Waals surface area contributed by atoms with Crippen LogP contribution in [0.3, 0.4) is 0 Å². The van der Waals surface area contributed by atoms with Gasteiger partial charge in [0.05, 0.1) is 0 Å². The molecule has 0 fully saturated rings. The van der Waals surface area contributed by atoms with Gasteiger partial charge in [-0.15, -0.1) is 0 Å². The quantitative estimate of drug-likeness (QED) is 0.824. The minimum absolute atomic E-state index is 0.0792. The molecule has 17 heavy (non-hydrogen) atoms. The molecule has 1 unspecified atom stereocenters. The molecule has 4 heteroatoms. The van der Waals surface area contributed by atoms with Crippen LogP contribution in [0.5, 0.6) is 0 Å². The van der Waals surface area contributed by atoms with Crippen molar-refractivity contribution in [2.75, 3.05) is 6.54 Å². The Morgan fingerprint density at radius 1 is 1.53 bits per heavy atom. The number of benzene rings is 1. The molecule has 1 rings (SSSR count). The fraction of sp³-hybridized carbons (Fsp3) is 0.462. The maximum absolute atomic E-state index is 12.9. The maximum Gasteiger partial charge on any atom is 0.251 e. The lowest BCUT2D eigenvalue weighted by Gasteiger charge is -2.14. The summed E-state index contributed by atoms with van der Waals surface area (Å²) in [5.74, 6) is -0.484. The number of nitrogens with two attached hydrogens (primary N) is 1. The zero-order chi connectivity index (χ0) is 12.8. The number of hydrogen-bond acceptors (Lipinski definition) is 2. The van der Waals surface area contributed by atoms with Gasteiger partial charge in [0.2, 0.25) is 0 Å². The SMILES string of the molecule is Cc1cc(F)ccc1C(=O)NC(C)CCCN. The molecule has 0 aliphatic heterocycles. The number of carbonyl (C=O) groups is 1. The van der Waals surface area contributed by atoms with Crippen LogP contribution in [-0.4, -0.2) is 18.5 Å². The molecule has 0 saturated heterocycles. The Morgan fingerprint density at radius 3 is 2.82 bits per heavy atom. The summed E-state index contributed by atoms with van der Waals surface area (Å²) in [6.07, 6.45) is 1.73. The number of aryl methyl sites for hydroxylation is 1. The van der Waals surface area contributed by atoms with Crippen LogP contribution in [0.25, 0.3) is 0 Å². The molecule has 0 aliphatic rings. The van der Waals surface area contributed by atoms with Crippen molar-refractivity contribution in [3.63, 3.8) is 0 Å². The van der Waals surface area contributed by atoms with Gasteiger partial charge in [0.15, 0.2) is 0 Å². The van der Waals surface area contributed by atoms with Crippen molar-refractivity contribution >= 4 is 5.91 Å². The molecule has 1 atom stereocenters. The minimum atomic E-state index is -0.324. The van der Waals surface area contributed by atoms with Gasteiger partial charge in [-0.3, -0.25) is 4.79 Å². The van der Waals surface area contributed by atoms with Crippen LogP contribution in [0.15, 0.2) is 18.2 Å². The fourth-order valence-corrected chi connectivity index (χ4v) is 1.68. The van der Waals surface area contributed by atoms with Gasteiger partial charge >= 0.3 is 0 Å². The summed E-state index contributed by atoms with van der Waals surface area (Å²) in [5.41, 5.74) is 6.57. The summed E-state index contributed by atoms with van der Waals surface area (Å²) in [6.45, 7) is 4.28. The normalized spacial score (nSPS) is 12.2. The number of carbonyl (C=O) groups excluding carboxylic acids is 1. The Bertz CT molecular complexity index is 393. The van der Waals surface area contributed by atoms with E-state index in [1.54, 1.807) is 6.92 Å². The van der Waals surface area contributed by atoms with Crippen molar-refractivity contribution in [1.82, 2.24) is 5.32 Å². The predicted octanol–water partition coefficient (Wildman–Crippen LogP) is 1.99. The summed E-state index contributed by atoms with van der Waals surface area (Å²) in [4.78, 5) is 11.9. The minimum Gasteiger partial charge on any atom is -0.350 e. The molecule has 0 bridgehead atoms. The number of rotatable bonds is 5. The van der Waals surface area contributed by atoms with E-state index in [4.69, 9.17) is 5.73 Å². The van der Waals surface area contributed by atoms with E-state index in [-0.39, 0.29) is 17.8 Å². The Kier molecular flexibility index (Phi) is 5.10. The van der Waals surface area contributed by atoms with Crippen molar-refractivity contribution < 1.29 is 9.18 Å². The lowest BCUT2D eigenvalue weighted by atomic mass is 10.1. The molecule has 94 valence electrons. The Morgan fingerprint density at radius 2 is 2.24 bits per heavy atom. The smallest absolute Gasteiger partial charge is 0.251 e. The highest BCUT2D eigenvalue weighted by molar-refractivity contribution is 5.95. The van der Waals surface area contributed by atoms with Gasteiger partial charge in [-0.1, -0.05) is 0 Å². The Labute approximate surface area is 101 Å². The third-order valence-electron chi connectivity index (χ3n) is 2.65. The highest BCUT2D eigenvalue weighted by atomic mass is 19.1. The second-order valence-corrected chi connectivity index (χ2v) is 4.26. The van der Waals surface area contributed by atoms with Gasteiger partial charge < -0.3 is 11.1 Å². The molecule has 0 heterocycles. The monoisotopic (exact) mass is 238 g/mol. The van der Waals surface area contributed by atoms with E-state index in [9.17, 15) is 9.18 Å². The summed E-state index contributed by atoms with van der Waals surface area (Å²) >= 11 is 0. The van der Waals surface area contributed by atoms with Gasteiger partial charge in [-0.25, -0.2) is 4.39 Å². The molecule has 0 saturated carbocycles. The maximum atomic E-state index is 12.9. The van der Waals surface area contributed by atoms with Crippen LogP contribution in [0.2, 0.25) is 0 Å². The Balaban J connectivity index is 2.63. The zero-order valence-corrected chi connectivity index (χ0v) is 10.3. The van der Waals surface area contributed by atoms with Crippen molar-refractivity contribution in [1.29, 1.82) is 0 Å². The molecule has 3 nitrogen and oxygen atoms in total. The van der Waals surface area contributed by atoms with E-state index in [0.29, 0.717) is 17.7 Å². The molecule has 1 aromatic rings. The molecular formula is C13H19FN2O. The fourth-order valence-electron chi connectivity index (χ4n) is 1.68. The van der Waals surface area contributed by atoms with E-state index in [1.165, 1.54) is 18.2 Å². The van der Waals surface area contributed by atoms with Crippen LogP contribution < -0.4 is 11.1 Å². The highest BCUT2D eigenvalue weighted by Crippen LogP contribution is 2.10. The Hall–Kier alpha value is -1.42. The standard InChI is InChI=1S/C13H19FN2O/c1-9-8-11(14)5-6-12(9)13(17)16-10(2)4-3-7-15/h5-6,8,10H,3-4,7,15H2,1-2H3,(H,16,17). The largest absolute Gasteiger partial charge is 0.350 e. The molecular weight excluding hydrogens is 219 g/mol. The summed E-state index contributed by atoms with van der Waals surface area (Å²) < 4.78 is 12.9. The van der Waals surface area contributed by atoms with Crippen LogP contribution in [0.4, 0.5) is 4.39 Å². The zero-order valence-electron chi connectivity index (χ0n) is 10.3.